The summed E-state index contributed by atoms with van der Waals surface area (Å²) < 4.78 is 12.0. The van der Waals surface area contributed by atoms with Crippen LogP contribution < -0.4 is 16.6 Å². The molecule has 2 heterocycles. The number of rotatable bonds is 5. The highest BCUT2D eigenvalue weighted by Gasteiger charge is 2.44. The predicted octanol–water partition coefficient (Wildman–Crippen LogP) is -1.02. The Balaban J connectivity index is 0.00000151. The van der Waals surface area contributed by atoms with Crippen LogP contribution in [0.5, 0.6) is 0 Å². The number of aromatic nitrogens is 2. The number of carbonyl (C=O) groups is 1. The Morgan fingerprint density at radius 1 is 1.52 bits per heavy atom. The van der Waals surface area contributed by atoms with Crippen LogP contribution in [0, 0.1) is 12.3 Å². The van der Waals surface area contributed by atoms with Crippen molar-refractivity contribution in [3.05, 3.63) is 33.1 Å². The van der Waals surface area contributed by atoms with Crippen LogP contribution in [0.4, 0.5) is 0 Å². The molecule has 0 bridgehead atoms. The van der Waals surface area contributed by atoms with Crippen molar-refractivity contribution in [2.24, 2.45) is 0 Å². The van der Waals surface area contributed by atoms with Crippen molar-refractivity contribution < 1.29 is 19.4 Å². The summed E-state index contributed by atoms with van der Waals surface area (Å²) in [6.07, 6.45) is 2.69. The SMILES string of the molecule is C#CCNC(=O)COC1C(O)C(C)OC1n1ccc(=O)[nH]c1=O.CC. The first-order chi connectivity index (χ1) is 11.9. The highest BCUT2D eigenvalue weighted by Crippen LogP contribution is 2.30. The van der Waals surface area contributed by atoms with E-state index < -0.39 is 41.7 Å². The standard InChI is InChI=1S/C14H17N3O6.C2H6/c1-3-5-15-10(19)7-22-12-11(20)8(2)23-13(12)17-6-4-9(18)16-14(17)21;1-2/h1,4,6,8,11-13,20H,5,7H2,2H3,(H,15,19)(H,16,18,21);1-2H3. The molecule has 1 aromatic rings. The number of hydrogen-bond donors (Lipinski definition) is 3. The van der Waals surface area contributed by atoms with E-state index in [1.165, 1.54) is 6.20 Å². The molecule has 9 nitrogen and oxygen atoms in total. The largest absolute Gasteiger partial charge is 0.388 e. The van der Waals surface area contributed by atoms with Gasteiger partial charge in [-0.3, -0.25) is 19.1 Å². The summed E-state index contributed by atoms with van der Waals surface area (Å²) in [6.45, 7) is 5.31. The van der Waals surface area contributed by atoms with E-state index in [9.17, 15) is 19.5 Å². The number of aromatic amines is 1. The molecule has 1 fully saturated rings. The zero-order valence-corrected chi connectivity index (χ0v) is 14.4. The van der Waals surface area contributed by atoms with Crippen LogP contribution in [0.25, 0.3) is 0 Å². The van der Waals surface area contributed by atoms with Gasteiger partial charge < -0.3 is 19.9 Å². The van der Waals surface area contributed by atoms with Crippen molar-refractivity contribution in [1.29, 1.82) is 0 Å². The second-order valence-electron chi connectivity index (χ2n) is 5.00. The van der Waals surface area contributed by atoms with Gasteiger partial charge in [0.15, 0.2) is 6.23 Å². The summed E-state index contributed by atoms with van der Waals surface area (Å²) in [4.78, 5) is 36.6. The van der Waals surface area contributed by atoms with Gasteiger partial charge in [-0.15, -0.1) is 6.42 Å². The lowest BCUT2D eigenvalue weighted by molar-refractivity contribution is -0.132. The number of H-pyrrole nitrogens is 1. The van der Waals surface area contributed by atoms with E-state index >= 15 is 0 Å². The Morgan fingerprint density at radius 3 is 2.80 bits per heavy atom. The predicted molar refractivity (Wildman–Crippen MR) is 89.8 cm³/mol. The van der Waals surface area contributed by atoms with Crippen LogP contribution >= 0.6 is 0 Å². The third-order valence-corrected chi connectivity index (χ3v) is 3.37. The van der Waals surface area contributed by atoms with Crippen LogP contribution in [0.2, 0.25) is 0 Å². The molecule has 0 spiro atoms. The first-order valence-electron chi connectivity index (χ1n) is 7.91. The first kappa shape index (κ1) is 20.6. The quantitative estimate of drug-likeness (QED) is 0.582. The highest BCUT2D eigenvalue weighted by molar-refractivity contribution is 5.77. The van der Waals surface area contributed by atoms with Gasteiger partial charge in [0.05, 0.1) is 12.6 Å². The van der Waals surface area contributed by atoms with E-state index in [4.69, 9.17) is 15.9 Å². The maximum atomic E-state index is 11.9. The van der Waals surface area contributed by atoms with Gasteiger partial charge in [0.1, 0.15) is 18.8 Å². The van der Waals surface area contributed by atoms with Crippen molar-refractivity contribution in [2.75, 3.05) is 13.2 Å². The van der Waals surface area contributed by atoms with Gasteiger partial charge in [-0.1, -0.05) is 19.8 Å². The molecule has 4 unspecified atom stereocenters. The summed E-state index contributed by atoms with van der Waals surface area (Å²) in [5.41, 5.74) is -1.25. The second kappa shape index (κ2) is 9.78. The molecular formula is C16H23N3O6. The number of hydrogen-bond acceptors (Lipinski definition) is 6. The summed E-state index contributed by atoms with van der Waals surface area (Å²) >= 11 is 0. The maximum Gasteiger partial charge on any atom is 0.330 e. The lowest BCUT2D eigenvalue weighted by atomic mass is 10.1. The molecule has 1 aromatic heterocycles. The molecule has 1 saturated heterocycles. The monoisotopic (exact) mass is 353 g/mol. The zero-order valence-electron chi connectivity index (χ0n) is 14.4. The van der Waals surface area contributed by atoms with Gasteiger partial charge in [-0.2, -0.15) is 0 Å². The Labute approximate surface area is 145 Å². The number of aliphatic hydroxyl groups is 1. The minimum atomic E-state index is -1.04. The minimum Gasteiger partial charge on any atom is -0.388 e. The number of terminal acetylenes is 1. The normalized spacial score (nSPS) is 24.8. The molecule has 0 radical (unpaired) electrons. The summed E-state index contributed by atoms with van der Waals surface area (Å²) in [6, 6.07) is 1.15. The number of carbonyl (C=O) groups excluding carboxylic acids is 1. The molecule has 25 heavy (non-hydrogen) atoms. The molecule has 3 N–H and O–H groups in total. The molecule has 0 saturated carbocycles. The van der Waals surface area contributed by atoms with E-state index in [2.05, 4.69) is 16.2 Å². The molecule has 1 aliphatic rings. The number of nitrogens with one attached hydrogen (secondary N) is 2. The average molecular weight is 353 g/mol. The smallest absolute Gasteiger partial charge is 0.330 e. The Kier molecular flexibility index (Phi) is 8.07. The van der Waals surface area contributed by atoms with Crippen molar-refractivity contribution in [2.45, 2.75) is 45.3 Å². The molecule has 0 aromatic carbocycles. The maximum absolute atomic E-state index is 11.9. The van der Waals surface area contributed by atoms with Gasteiger partial charge in [0.25, 0.3) is 5.56 Å². The van der Waals surface area contributed by atoms with Gasteiger partial charge in [0.2, 0.25) is 5.91 Å². The fourth-order valence-electron chi connectivity index (χ4n) is 2.22. The van der Waals surface area contributed by atoms with E-state index in [0.29, 0.717) is 0 Å². The molecule has 1 amide bonds. The minimum absolute atomic E-state index is 0.0606. The summed E-state index contributed by atoms with van der Waals surface area (Å²) in [5, 5.41) is 12.5. The van der Waals surface area contributed by atoms with Gasteiger partial charge in [-0.05, 0) is 6.92 Å². The van der Waals surface area contributed by atoms with Crippen LogP contribution in [-0.4, -0.2) is 52.0 Å². The molecule has 1 aliphatic heterocycles. The van der Waals surface area contributed by atoms with Crippen LogP contribution in [0.3, 0.4) is 0 Å². The lowest BCUT2D eigenvalue weighted by Crippen LogP contribution is -2.40. The molecule has 9 heteroatoms. The first-order valence-corrected chi connectivity index (χ1v) is 7.91. The van der Waals surface area contributed by atoms with E-state index in [0.717, 1.165) is 10.6 Å². The summed E-state index contributed by atoms with van der Waals surface area (Å²) in [5.74, 6) is 1.79. The lowest BCUT2D eigenvalue weighted by Gasteiger charge is -2.21. The van der Waals surface area contributed by atoms with Crippen LogP contribution in [0.15, 0.2) is 21.9 Å². The van der Waals surface area contributed by atoms with E-state index in [1.54, 1.807) is 6.92 Å². The number of aliphatic hydroxyl groups excluding tert-OH is 1. The fourth-order valence-corrected chi connectivity index (χ4v) is 2.22. The molecule has 138 valence electrons. The molecule has 2 rings (SSSR count). The molecule has 0 aliphatic carbocycles. The third-order valence-electron chi connectivity index (χ3n) is 3.37. The Morgan fingerprint density at radius 2 is 2.20 bits per heavy atom. The van der Waals surface area contributed by atoms with E-state index in [1.807, 2.05) is 13.8 Å². The highest BCUT2D eigenvalue weighted by atomic mass is 16.6. The Hall–Kier alpha value is -2.41. The van der Waals surface area contributed by atoms with Crippen molar-refractivity contribution >= 4 is 5.91 Å². The topological polar surface area (TPSA) is 123 Å². The van der Waals surface area contributed by atoms with Crippen LogP contribution in [0.1, 0.15) is 27.0 Å². The molecule has 4 atom stereocenters. The summed E-state index contributed by atoms with van der Waals surface area (Å²) in [7, 11) is 0. The number of ether oxygens (including phenoxy) is 2. The van der Waals surface area contributed by atoms with Crippen molar-refractivity contribution in [3.63, 3.8) is 0 Å². The molecular weight excluding hydrogens is 330 g/mol. The van der Waals surface area contributed by atoms with Gasteiger partial charge in [0, 0.05) is 12.3 Å². The zero-order chi connectivity index (χ0) is 19.0. The number of amides is 1. The fraction of sp³-hybridized carbons (Fsp3) is 0.562. The second-order valence-corrected chi connectivity index (χ2v) is 5.00. The van der Waals surface area contributed by atoms with Crippen LogP contribution in [-0.2, 0) is 14.3 Å². The van der Waals surface area contributed by atoms with Crippen molar-refractivity contribution in [1.82, 2.24) is 14.9 Å². The van der Waals surface area contributed by atoms with Crippen molar-refractivity contribution in [3.8, 4) is 12.3 Å². The third kappa shape index (κ3) is 5.29. The van der Waals surface area contributed by atoms with E-state index in [-0.39, 0.29) is 13.2 Å². The average Bonchev–Trinajstić information content (AvgIpc) is 2.87. The van der Waals surface area contributed by atoms with Gasteiger partial charge >= 0.3 is 5.69 Å². The Bertz CT molecular complexity index is 720. The number of nitrogens with zero attached hydrogens (tertiary/aromatic N) is 1. The van der Waals surface area contributed by atoms with Gasteiger partial charge in [-0.25, -0.2) is 4.79 Å².